The summed E-state index contributed by atoms with van der Waals surface area (Å²) in [5.74, 6) is 0. The quantitative estimate of drug-likeness (QED) is 0.743. The number of hydrogen-bond donors (Lipinski definition) is 1. The van der Waals surface area contributed by atoms with Gasteiger partial charge in [0, 0.05) is 13.1 Å². The molecule has 1 aromatic carbocycles. The van der Waals surface area contributed by atoms with Gasteiger partial charge in [0.2, 0.25) is 0 Å². The van der Waals surface area contributed by atoms with Crippen LogP contribution in [-0.2, 0) is 0 Å². The second-order valence-corrected chi connectivity index (χ2v) is 3.64. The number of nitrogen functional groups attached to an aromatic ring is 1. The zero-order valence-electron chi connectivity index (χ0n) is 9.38. The van der Waals surface area contributed by atoms with Gasteiger partial charge in [-0.2, -0.15) is 0 Å². The van der Waals surface area contributed by atoms with Crippen LogP contribution in [0.1, 0.15) is 25.8 Å². The molecule has 0 heterocycles. The summed E-state index contributed by atoms with van der Waals surface area (Å²) < 4.78 is 0. The maximum absolute atomic E-state index is 5.99. The second kappa shape index (κ2) is 4.89. The average Bonchev–Trinajstić information content (AvgIpc) is 2.15. The van der Waals surface area contributed by atoms with E-state index in [2.05, 4.69) is 37.8 Å². The van der Waals surface area contributed by atoms with Crippen LogP contribution in [0.2, 0.25) is 0 Å². The molecule has 78 valence electrons. The highest BCUT2D eigenvalue weighted by Crippen LogP contribution is 2.23. The van der Waals surface area contributed by atoms with Gasteiger partial charge in [-0.15, -0.1) is 0 Å². The summed E-state index contributed by atoms with van der Waals surface area (Å²) >= 11 is 0. The van der Waals surface area contributed by atoms with Gasteiger partial charge in [0.1, 0.15) is 0 Å². The lowest BCUT2D eigenvalue weighted by Gasteiger charge is -2.24. The minimum absolute atomic E-state index is 0.889. The van der Waals surface area contributed by atoms with E-state index in [1.807, 2.05) is 6.07 Å². The Morgan fingerprint density at radius 2 is 2.00 bits per heavy atom. The van der Waals surface area contributed by atoms with Crippen LogP contribution < -0.4 is 10.6 Å². The van der Waals surface area contributed by atoms with Crippen molar-refractivity contribution in [1.82, 2.24) is 0 Å². The molecule has 1 rings (SSSR count). The third-order valence-corrected chi connectivity index (χ3v) is 2.40. The highest BCUT2D eigenvalue weighted by Gasteiger charge is 2.06. The van der Waals surface area contributed by atoms with E-state index in [4.69, 9.17) is 5.73 Å². The Morgan fingerprint density at radius 3 is 2.50 bits per heavy atom. The van der Waals surface area contributed by atoms with E-state index < -0.39 is 0 Å². The van der Waals surface area contributed by atoms with Crippen LogP contribution in [-0.4, -0.2) is 13.1 Å². The van der Waals surface area contributed by atoms with E-state index in [0.717, 1.165) is 25.2 Å². The normalized spacial score (nSPS) is 10.2. The Morgan fingerprint density at radius 1 is 1.29 bits per heavy atom. The van der Waals surface area contributed by atoms with Crippen molar-refractivity contribution in [1.29, 1.82) is 0 Å². The third-order valence-electron chi connectivity index (χ3n) is 2.40. The van der Waals surface area contributed by atoms with Gasteiger partial charge in [0.05, 0.1) is 11.4 Å². The minimum atomic E-state index is 0.889. The number of benzene rings is 1. The van der Waals surface area contributed by atoms with E-state index in [9.17, 15) is 0 Å². The maximum atomic E-state index is 5.99. The number of aryl methyl sites for hydroxylation is 1. The van der Waals surface area contributed by atoms with Crippen LogP contribution in [0.4, 0.5) is 11.4 Å². The predicted octanol–water partition coefficient (Wildman–Crippen LogP) is 2.81. The molecule has 2 heteroatoms. The molecule has 0 aliphatic rings. The number of nitrogens with two attached hydrogens (primary N) is 1. The molecule has 0 aliphatic heterocycles. The summed E-state index contributed by atoms with van der Waals surface area (Å²) in [7, 11) is 0. The highest BCUT2D eigenvalue weighted by molar-refractivity contribution is 5.68. The molecular formula is C12H20N2. The van der Waals surface area contributed by atoms with Crippen molar-refractivity contribution in [3.63, 3.8) is 0 Å². The lowest BCUT2D eigenvalue weighted by atomic mass is 10.1. The molecule has 1 aromatic rings. The fourth-order valence-corrected chi connectivity index (χ4v) is 1.68. The first-order chi connectivity index (χ1) is 6.69. The van der Waals surface area contributed by atoms with Crippen molar-refractivity contribution in [3.05, 3.63) is 23.8 Å². The zero-order chi connectivity index (χ0) is 10.6. The molecule has 0 saturated carbocycles. The van der Waals surface area contributed by atoms with E-state index >= 15 is 0 Å². The van der Waals surface area contributed by atoms with Crippen LogP contribution in [0.3, 0.4) is 0 Å². The fourth-order valence-electron chi connectivity index (χ4n) is 1.68. The molecule has 2 nitrogen and oxygen atoms in total. The van der Waals surface area contributed by atoms with E-state index in [1.165, 1.54) is 11.3 Å². The minimum Gasteiger partial charge on any atom is -0.397 e. The van der Waals surface area contributed by atoms with Gasteiger partial charge in [-0.1, -0.05) is 13.0 Å². The number of nitrogens with zero attached hydrogens (tertiary/aromatic N) is 1. The van der Waals surface area contributed by atoms with Crippen molar-refractivity contribution in [3.8, 4) is 0 Å². The van der Waals surface area contributed by atoms with Crippen LogP contribution in [0.15, 0.2) is 18.2 Å². The Kier molecular flexibility index (Phi) is 3.81. The standard InChI is InChI=1S/C12H20N2/c1-4-8-14(5-2)12-7-6-10(3)9-11(12)13/h6-7,9H,4-5,8,13H2,1-3H3. The van der Waals surface area contributed by atoms with Crippen LogP contribution >= 0.6 is 0 Å². The summed E-state index contributed by atoms with van der Waals surface area (Å²) in [5, 5.41) is 0. The zero-order valence-corrected chi connectivity index (χ0v) is 9.38. The first-order valence-electron chi connectivity index (χ1n) is 5.30. The van der Waals surface area contributed by atoms with E-state index in [0.29, 0.717) is 0 Å². The Hall–Kier alpha value is -1.18. The van der Waals surface area contributed by atoms with Crippen molar-refractivity contribution in [2.24, 2.45) is 0 Å². The van der Waals surface area contributed by atoms with Gasteiger partial charge >= 0.3 is 0 Å². The SMILES string of the molecule is CCCN(CC)c1ccc(C)cc1N. The molecule has 0 spiro atoms. The van der Waals surface area contributed by atoms with E-state index in [-0.39, 0.29) is 0 Å². The predicted molar refractivity (Wildman–Crippen MR) is 63.8 cm³/mol. The first kappa shape index (κ1) is 10.9. The first-order valence-corrected chi connectivity index (χ1v) is 5.30. The largest absolute Gasteiger partial charge is 0.397 e. The molecule has 0 saturated heterocycles. The maximum Gasteiger partial charge on any atom is 0.0600 e. The third kappa shape index (κ3) is 2.41. The molecular weight excluding hydrogens is 172 g/mol. The summed E-state index contributed by atoms with van der Waals surface area (Å²) in [5.41, 5.74) is 9.26. The number of hydrogen-bond acceptors (Lipinski definition) is 2. The Labute approximate surface area is 86.7 Å². The lowest BCUT2D eigenvalue weighted by Crippen LogP contribution is -2.24. The van der Waals surface area contributed by atoms with E-state index in [1.54, 1.807) is 0 Å². The highest BCUT2D eigenvalue weighted by atomic mass is 15.1. The molecule has 0 aromatic heterocycles. The molecule has 2 N–H and O–H groups in total. The van der Waals surface area contributed by atoms with Gasteiger partial charge in [-0.3, -0.25) is 0 Å². The molecule has 0 aliphatic carbocycles. The van der Waals surface area contributed by atoms with Crippen LogP contribution in [0, 0.1) is 6.92 Å². The Balaban J connectivity index is 2.92. The molecule has 0 fully saturated rings. The number of anilines is 2. The summed E-state index contributed by atoms with van der Waals surface area (Å²) in [6.07, 6.45) is 1.15. The van der Waals surface area contributed by atoms with Crippen molar-refractivity contribution < 1.29 is 0 Å². The van der Waals surface area contributed by atoms with Crippen LogP contribution in [0.5, 0.6) is 0 Å². The summed E-state index contributed by atoms with van der Waals surface area (Å²) in [6.45, 7) is 8.50. The van der Waals surface area contributed by atoms with Gasteiger partial charge in [0.25, 0.3) is 0 Å². The molecule has 0 amide bonds. The smallest absolute Gasteiger partial charge is 0.0600 e. The van der Waals surface area contributed by atoms with Gasteiger partial charge in [-0.05, 0) is 38.0 Å². The molecule has 0 unspecified atom stereocenters. The monoisotopic (exact) mass is 192 g/mol. The average molecular weight is 192 g/mol. The van der Waals surface area contributed by atoms with Gasteiger partial charge in [0.15, 0.2) is 0 Å². The summed E-state index contributed by atoms with van der Waals surface area (Å²) in [6, 6.07) is 6.27. The molecule has 14 heavy (non-hydrogen) atoms. The fraction of sp³-hybridized carbons (Fsp3) is 0.500. The topological polar surface area (TPSA) is 29.3 Å². The second-order valence-electron chi connectivity index (χ2n) is 3.64. The van der Waals surface area contributed by atoms with Crippen molar-refractivity contribution >= 4 is 11.4 Å². The van der Waals surface area contributed by atoms with Gasteiger partial charge in [-0.25, -0.2) is 0 Å². The Bertz CT molecular complexity index is 294. The summed E-state index contributed by atoms with van der Waals surface area (Å²) in [4.78, 5) is 2.31. The molecule has 0 atom stereocenters. The van der Waals surface area contributed by atoms with Gasteiger partial charge < -0.3 is 10.6 Å². The number of rotatable bonds is 4. The molecule has 0 bridgehead atoms. The van der Waals surface area contributed by atoms with Crippen molar-refractivity contribution in [2.75, 3.05) is 23.7 Å². The van der Waals surface area contributed by atoms with Crippen molar-refractivity contribution in [2.45, 2.75) is 27.2 Å². The lowest BCUT2D eigenvalue weighted by molar-refractivity contribution is 0.793. The van der Waals surface area contributed by atoms with Crippen LogP contribution in [0.25, 0.3) is 0 Å². The molecule has 0 radical (unpaired) electrons.